The van der Waals surface area contributed by atoms with Crippen molar-refractivity contribution in [1.29, 1.82) is 0 Å². The summed E-state index contributed by atoms with van der Waals surface area (Å²) in [6, 6.07) is 82.6. The molecule has 0 saturated carbocycles. The fourth-order valence-electron chi connectivity index (χ4n) is 16.7. The summed E-state index contributed by atoms with van der Waals surface area (Å²) in [4.78, 5) is 0. The van der Waals surface area contributed by atoms with Crippen molar-refractivity contribution in [3.8, 4) is 100 Å². The van der Waals surface area contributed by atoms with Gasteiger partial charge in [0.05, 0.1) is 32.9 Å². The fraction of sp³-hybridized carbons (Fsp3) is 0. The van der Waals surface area contributed by atoms with Gasteiger partial charge in [0.25, 0.3) is 0 Å². The van der Waals surface area contributed by atoms with Crippen molar-refractivity contribution in [2.75, 3.05) is 0 Å². The second kappa shape index (κ2) is 29.0. The summed E-state index contributed by atoms with van der Waals surface area (Å²) in [6.45, 7) is 0. The SMILES string of the molecule is [2H]c1c([2H])c([2H])c2c(-c3ccc(-c4ccc5c(c4)oc4ccccc45)cc3)c3c([2H])c([2H])c([2H])c([2H])c3c(-c3ccccc3)c2c1[2H].[2H]c1c([2H])c([2H])c2c(-c3ccc(-c4ccc5oc6ccccc6c5c4)cc3)c3c([2H])c([2H])c([2H])c([2H])c3c(-c3ccccc3)c2c1[2H].[2H]c1c([2H])c([2H])c2c(-c3ccc(-c4cccc5c4oc4ccccc45)cc3)c3c([2H])c([2H])c([2H])c([2H])c3c(-c3ccccc3)c2c1[2H]. The van der Waals surface area contributed by atoms with Crippen LogP contribution in [-0.2, 0) is 0 Å². The molecule has 0 N–H and O–H groups in total. The number of rotatable bonds is 9. The van der Waals surface area contributed by atoms with Gasteiger partial charge in [0.1, 0.15) is 33.5 Å². The molecule has 117 heavy (non-hydrogen) atoms. The highest BCUT2D eigenvalue weighted by molar-refractivity contribution is 6.25. The first-order valence-electron chi connectivity index (χ1n) is 50.1. The Bertz CT molecular complexity index is 9240. The maximum Gasteiger partial charge on any atom is 0.143 e. The van der Waals surface area contributed by atoms with E-state index in [-0.39, 0.29) is 137 Å². The van der Waals surface area contributed by atoms with E-state index in [1.165, 1.54) is 0 Å². The van der Waals surface area contributed by atoms with Crippen molar-refractivity contribution >= 4 is 130 Å². The summed E-state index contributed by atoms with van der Waals surface area (Å²) in [5.41, 5.74) is 15.5. The zero-order valence-electron chi connectivity index (χ0n) is 85.9. The van der Waals surface area contributed by atoms with E-state index in [0.29, 0.717) is 66.8 Å². The first-order valence-corrected chi connectivity index (χ1v) is 38.1. The van der Waals surface area contributed by atoms with Gasteiger partial charge in [0, 0.05) is 37.9 Å². The van der Waals surface area contributed by atoms with Gasteiger partial charge in [-0.2, -0.15) is 0 Å². The number of fused-ring (bicyclic) bond motifs is 15. The number of benzene rings is 21. The molecule has 546 valence electrons. The number of para-hydroxylation sites is 4. The lowest BCUT2D eigenvalue weighted by atomic mass is 9.86. The molecule has 0 atom stereocenters. The molecule has 3 heterocycles. The zero-order valence-corrected chi connectivity index (χ0v) is 61.9. The summed E-state index contributed by atoms with van der Waals surface area (Å²) in [6.07, 6.45) is 0. The van der Waals surface area contributed by atoms with Crippen molar-refractivity contribution in [2.24, 2.45) is 0 Å². The van der Waals surface area contributed by atoms with Crippen LogP contribution in [0, 0.1) is 0 Å². The van der Waals surface area contributed by atoms with Crippen molar-refractivity contribution in [2.45, 2.75) is 0 Å². The molecule has 24 aromatic rings. The first kappa shape index (κ1) is 47.8. The summed E-state index contributed by atoms with van der Waals surface area (Å²) in [5, 5.41) is 8.46. The largest absolute Gasteiger partial charge is 0.456 e. The normalized spacial score (nSPS) is 14.5. The minimum Gasteiger partial charge on any atom is -0.456 e. The Hall–Kier alpha value is -15.4. The minimum absolute atomic E-state index is 0.194. The number of hydrogen-bond donors (Lipinski definition) is 0. The molecule has 0 saturated heterocycles. The minimum atomic E-state index is -0.420. The molecular weight excluding hydrogens is 1420 g/mol. The standard InChI is InChI=1S/3C38H24O/c1-2-11-26(12-3-1)36-30-14-4-6-16-32(30)37(33-17-7-5-15-31(33)36)27-23-21-25(22-24-27)28-18-10-19-34-29-13-8-9-20-35(29)39-38(28)34;1-2-10-26(11-3-1)37-31-13-4-6-15-33(31)38(34-16-7-5-14-32(34)37)27-20-18-25(19-21-27)28-22-23-30-29-12-8-9-17-35(29)39-36(30)24-28;1-2-10-26(11-3-1)37-30-13-4-6-15-32(30)38(33-16-7-5-14-31(33)37)27-20-18-25(19-21-27)28-22-23-36-34(24-28)29-12-8-9-17-35(29)39-36/h3*1-24H/i4D,5D,6D,7D,14D,15D,16D,17D;2*4D,5D,6D,7D,13D,14D,15D,16D. The van der Waals surface area contributed by atoms with E-state index < -0.39 is 72.5 Å². The Labute approximate surface area is 709 Å². The van der Waals surface area contributed by atoms with Crippen molar-refractivity contribution < 1.29 is 46.1 Å². The van der Waals surface area contributed by atoms with Crippen LogP contribution in [0.25, 0.3) is 231 Å². The fourth-order valence-corrected chi connectivity index (χ4v) is 16.7. The third kappa shape index (κ3) is 12.0. The van der Waals surface area contributed by atoms with Crippen LogP contribution in [-0.4, -0.2) is 0 Å². The molecule has 3 aromatic heterocycles. The molecular formula is C114H72O3. The van der Waals surface area contributed by atoms with Crippen molar-refractivity contribution in [3.05, 3.63) is 436 Å². The first-order chi connectivity index (χ1) is 68.0. The van der Waals surface area contributed by atoms with Gasteiger partial charge in [0.15, 0.2) is 0 Å². The smallest absolute Gasteiger partial charge is 0.143 e. The van der Waals surface area contributed by atoms with Crippen LogP contribution in [0.2, 0.25) is 0 Å². The Morgan fingerprint density at radius 3 is 0.769 bits per heavy atom. The van der Waals surface area contributed by atoms with Gasteiger partial charge < -0.3 is 13.3 Å². The van der Waals surface area contributed by atoms with Crippen LogP contribution in [0.4, 0.5) is 0 Å². The van der Waals surface area contributed by atoms with E-state index in [1.54, 1.807) is 72.8 Å². The molecule has 0 radical (unpaired) electrons. The van der Waals surface area contributed by atoms with Crippen LogP contribution in [0.1, 0.15) is 32.9 Å². The highest BCUT2D eigenvalue weighted by Gasteiger charge is 2.22. The third-order valence-corrected chi connectivity index (χ3v) is 22.0. The Morgan fingerprint density at radius 2 is 0.393 bits per heavy atom. The van der Waals surface area contributed by atoms with E-state index in [9.17, 15) is 0 Å². The van der Waals surface area contributed by atoms with Gasteiger partial charge in [-0.25, -0.2) is 0 Å². The molecule has 0 bridgehead atoms. The number of hydrogen-bond acceptors (Lipinski definition) is 3. The second-order valence-corrected chi connectivity index (χ2v) is 28.5. The molecule has 0 aliphatic rings. The maximum atomic E-state index is 9.10. The quantitative estimate of drug-likeness (QED) is 0.135. The molecule has 0 fully saturated rings. The highest BCUT2D eigenvalue weighted by atomic mass is 16.3. The Kier molecular flexibility index (Phi) is 11.8. The predicted molar refractivity (Wildman–Crippen MR) is 495 cm³/mol. The van der Waals surface area contributed by atoms with Gasteiger partial charge in [-0.3, -0.25) is 0 Å². The molecule has 0 unspecified atom stereocenters. The average molecular weight is 1510 g/mol. The summed E-state index contributed by atoms with van der Waals surface area (Å²) >= 11 is 0. The molecule has 3 heteroatoms. The van der Waals surface area contributed by atoms with Crippen LogP contribution in [0.15, 0.2) is 449 Å². The topological polar surface area (TPSA) is 39.4 Å². The van der Waals surface area contributed by atoms with Gasteiger partial charge in [-0.15, -0.1) is 0 Å². The number of furan rings is 3. The van der Waals surface area contributed by atoms with Crippen molar-refractivity contribution in [1.82, 2.24) is 0 Å². The second-order valence-electron chi connectivity index (χ2n) is 28.5. The highest BCUT2D eigenvalue weighted by Crippen LogP contribution is 2.49. The Balaban J connectivity index is 0.000000121. The lowest BCUT2D eigenvalue weighted by Gasteiger charge is -2.18. The molecule has 0 aliphatic carbocycles. The Morgan fingerprint density at radius 1 is 0.145 bits per heavy atom. The average Bonchev–Trinajstić information content (AvgIpc) is 1.29. The van der Waals surface area contributed by atoms with Crippen molar-refractivity contribution in [3.63, 3.8) is 0 Å². The van der Waals surface area contributed by atoms with Gasteiger partial charge in [0.2, 0.25) is 0 Å². The van der Waals surface area contributed by atoms with Gasteiger partial charge in [-0.05, 0) is 202 Å². The van der Waals surface area contributed by atoms with Crippen LogP contribution < -0.4 is 0 Å². The van der Waals surface area contributed by atoms with E-state index in [2.05, 4.69) is 6.07 Å². The summed E-state index contributed by atoms with van der Waals surface area (Å²) in [7, 11) is 0. The lowest BCUT2D eigenvalue weighted by molar-refractivity contribution is 0.668. The third-order valence-electron chi connectivity index (χ3n) is 22.0. The molecule has 24 rings (SSSR count). The molecule has 0 spiro atoms. The van der Waals surface area contributed by atoms with E-state index >= 15 is 0 Å². The van der Waals surface area contributed by atoms with Crippen LogP contribution in [0.5, 0.6) is 0 Å². The van der Waals surface area contributed by atoms with E-state index in [1.807, 2.05) is 212 Å². The maximum absolute atomic E-state index is 9.10. The van der Waals surface area contributed by atoms with Crippen LogP contribution >= 0.6 is 0 Å². The summed E-state index contributed by atoms with van der Waals surface area (Å²) in [5.74, 6) is 0. The molecule has 0 aliphatic heterocycles. The van der Waals surface area contributed by atoms with Gasteiger partial charge in [-0.1, -0.05) is 394 Å². The monoisotopic (exact) mass is 1510 g/mol. The lowest BCUT2D eigenvalue weighted by Crippen LogP contribution is -1.90. The zero-order chi connectivity index (χ0) is 98.2. The van der Waals surface area contributed by atoms with Crippen LogP contribution in [0.3, 0.4) is 0 Å². The molecule has 0 amide bonds. The van der Waals surface area contributed by atoms with E-state index in [4.69, 9.17) is 46.1 Å². The van der Waals surface area contributed by atoms with Gasteiger partial charge >= 0.3 is 0 Å². The molecule has 3 nitrogen and oxygen atoms in total. The summed E-state index contributed by atoms with van der Waals surface area (Å²) < 4.78 is 230. The molecule has 21 aromatic carbocycles. The predicted octanol–water partition coefficient (Wildman–Crippen LogP) is 32.7. The van der Waals surface area contributed by atoms with E-state index in [0.717, 1.165) is 99.2 Å².